The quantitative estimate of drug-likeness (QED) is 0.602. The molecule has 3 amide bonds. The third-order valence-corrected chi connectivity index (χ3v) is 5.73. The van der Waals surface area contributed by atoms with Crippen molar-refractivity contribution in [2.45, 2.75) is 25.6 Å². The summed E-state index contributed by atoms with van der Waals surface area (Å²) in [4.78, 5) is 28.0. The fourth-order valence-electron chi connectivity index (χ4n) is 3.98. The average molecular weight is 446 g/mol. The number of amides is 3. The van der Waals surface area contributed by atoms with E-state index in [9.17, 15) is 9.59 Å². The molecule has 0 unspecified atom stereocenters. The Morgan fingerprint density at radius 2 is 1.52 bits per heavy atom. The van der Waals surface area contributed by atoms with Crippen LogP contribution in [0.25, 0.3) is 0 Å². The molecule has 1 atom stereocenters. The molecule has 0 fully saturated rings. The van der Waals surface area contributed by atoms with Gasteiger partial charge in [-0.25, -0.2) is 4.79 Å². The molecule has 7 heteroatoms. The van der Waals surface area contributed by atoms with Gasteiger partial charge in [0.05, 0.1) is 14.2 Å². The van der Waals surface area contributed by atoms with Crippen molar-refractivity contribution in [3.8, 4) is 11.5 Å². The highest BCUT2D eigenvalue weighted by atomic mass is 16.5. The summed E-state index contributed by atoms with van der Waals surface area (Å²) >= 11 is 0. The van der Waals surface area contributed by atoms with Gasteiger partial charge >= 0.3 is 6.03 Å². The molecule has 7 nitrogen and oxygen atoms in total. The van der Waals surface area contributed by atoms with E-state index in [1.807, 2.05) is 72.8 Å². The van der Waals surface area contributed by atoms with Gasteiger partial charge in [0.1, 0.15) is 6.04 Å². The maximum absolute atomic E-state index is 13.2. The van der Waals surface area contributed by atoms with Gasteiger partial charge < -0.3 is 25.0 Å². The molecule has 1 aliphatic heterocycles. The normalized spacial score (nSPS) is 14.7. The van der Waals surface area contributed by atoms with Gasteiger partial charge in [0, 0.05) is 25.2 Å². The van der Waals surface area contributed by atoms with Crippen molar-refractivity contribution in [3.05, 3.63) is 89.5 Å². The van der Waals surface area contributed by atoms with Crippen LogP contribution in [0, 0.1) is 0 Å². The number of hydrogen-bond donors (Lipinski definition) is 2. The van der Waals surface area contributed by atoms with Gasteiger partial charge in [-0.1, -0.05) is 48.5 Å². The van der Waals surface area contributed by atoms with Crippen LogP contribution in [-0.2, 0) is 24.3 Å². The lowest BCUT2D eigenvalue weighted by atomic mass is 9.93. The number of nitrogens with zero attached hydrogens (tertiary/aromatic N) is 1. The van der Waals surface area contributed by atoms with E-state index in [0.717, 1.165) is 16.7 Å². The smallest absolute Gasteiger partial charge is 0.322 e. The monoisotopic (exact) mass is 445 g/mol. The van der Waals surface area contributed by atoms with Crippen LogP contribution in [0.5, 0.6) is 11.5 Å². The minimum absolute atomic E-state index is 0.206. The second-order valence-corrected chi connectivity index (χ2v) is 7.82. The van der Waals surface area contributed by atoms with Gasteiger partial charge in [-0.3, -0.25) is 4.79 Å². The number of carbonyl (C=O) groups is 2. The first-order chi connectivity index (χ1) is 16.1. The summed E-state index contributed by atoms with van der Waals surface area (Å²) in [5.74, 6) is 0.982. The Bertz CT molecular complexity index is 1120. The summed E-state index contributed by atoms with van der Waals surface area (Å²) in [5.41, 5.74) is 3.54. The molecule has 0 aromatic heterocycles. The lowest BCUT2D eigenvalue weighted by Gasteiger charge is -2.36. The molecule has 0 aliphatic carbocycles. The van der Waals surface area contributed by atoms with Crippen molar-refractivity contribution < 1.29 is 19.1 Å². The maximum Gasteiger partial charge on any atom is 0.322 e. The Hall–Kier alpha value is -4.00. The SMILES string of the molecule is COc1cc2c(cc1OC)CN(C(=O)Nc1ccccc1)[C@H](C(=O)NCc1ccccc1)C2. The molecule has 1 aliphatic rings. The lowest BCUT2D eigenvalue weighted by Crippen LogP contribution is -2.53. The number of carbonyl (C=O) groups excluding carboxylic acids is 2. The minimum Gasteiger partial charge on any atom is -0.493 e. The summed E-state index contributed by atoms with van der Waals surface area (Å²) in [6, 6.07) is 21.7. The molecule has 0 saturated heterocycles. The van der Waals surface area contributed by atoms with E-state index in [4.69, 9.17) is 9.47 Å². The van der Waals surface area contributed by atoms with Crippen LogP contribution in [-0.4, -0.2) is 37.1 Å². The summed E-state index contributed by atoms with van der Waals surface area (Å²) in [6.07, 6.45) is 0.374. The van der Waals surface area contributed by atoms with Gasteiger partial charge in [-0.2, -0.15) is 0 Å². The zero-order chi connectivity index (χ0) is 23.2. The van der Waals surface area contributed by atoms with Crippen LogP contribution in [0.4, 0.5) is 10.5 Å². The number of para-hydroxylation sites is 1. The Balaban J connectivity index is 1.60. The van der Waals surface area contributed by atoms with Crippen molar-refractivity contribution >= 4 is 17.6 Å². The van der Waals surface area contributed by atoms with Gasteiger partial charge in [0.15, 0.2) is 11.5 Å². The number of hydrogen-bond acceptors (Lipinski definition) is 4. The molecule has 2 N–H and O–H groups in total. The van der Waals surface area contributed by atoms with Crippen molar-refractivity contribution in [3.63, 3.8) is 0 Å². The average Bonchev–Trinajstić information content (AvgIpc) is 2.86. The number of urea groups is 1. The second-order valence-electron chi connectivity index (χ2n) is 7.82. The molecule has 0 radical (unpaired) electrons. The van der Waals surface area contributed by atoms with E-state index in [2.05, 4.69) is 10.6 Å². The number of methoxy groups -OCH3 is 2. The predicted molar refractivity (Wildman–Crippen MR) is 126 cm³/mol. The molecule has 0 saturated carbocycles. The van der Waals surface area contributed by atoms with Gasteiger partial charge in [-0.15, -0.1) is 0 Å². The standard InChI is InChI=1S/C26H27N3O4/c1-32-23-14-19-13-22(25(30)27-16-18-9-5-3-6-10-18)29(17-20(19)15-24(23)33-2)26(31)28-21-11-7-4-8-12-21/h3-12,14-15,22H,13,16-17H2,1-2H3,(H,27,30)(H,28,31)/t22-/m0/s1. The van der Waals surface area contributed by atoms with E-state index >= 15 is 0 Å². The van der Waals surface area contributed by atoms with E-state index in [0.29, 0.717) is 30.2 Å². The summed E-state index contributed by atoms with van der Waals surface area (Å²) in [5, 5.41) is 5.89. The van der Waals surface area contributed by atoms with Crippen LogP contribution in [0.15, 0.2) is 72.8 Å². The maximum atomic E-state index is 13.2. The Morgan fingerprint density at radius 1 is 0.909 bits per heavy atom. The Morgan fingerprint density at radius 3 is 2.15 bits per heavy atom. The van der Waals surface area contributed by atoms with Crippen LogP contribution in [0.3, 0.4) is 0 Å². The zero-order valence-electron chi connectivity index (χ0n) is 18.7. The van der Waals surface area contributed by atoms with Crippen molar-refractivity contribution in [2.24, 2.45) is 0 Å². The molecule has 4 rings (SSSR count). The molecule has 3 aromatic rings. The Labute approximate surface area is 193 Å². The summed E-state index contributed by atoms with van der Waals surface area (Å²) < 4.78 is 10.9. The van der Waals surface area contributed by atoms with Crippen LogP contribution in [0.2, 0.25) is 0 Å². The first-order valence-electron chi connectivity index (χ1n) is 10.8. The molecule has 33 heavy (non-hydrogen) atoms. The first kappa shape index (κ1) is 22.2. The topological polar surface area (TPSA) is 79.9 Å². The molecular formula is C26H27N3O4. The summed E-state index contributed by atoms with van der Waals surface area (Å²) in [6.45, 7) is 0.668. The predicted octanol–water partition coefficient (Wildman–Crippen LogP) is 3.98. The number of fused-ring (bicyclic) bond motifs is 1. The first-order valence-corrected chi connectivity index (χ1v) is 10.8. The van der Waals surface area contributed by atoms with Crippen LogP contribution in [0.1, 0.15) is 16.7 Å². The lowest BCUT2D eigenvalue weighted by molar-refractivity contribution is -0.126. The largest absolute Gasteiger partial charge is 0.493 e. The van der Waals surface area contributed by atoms with Crippen LogP contribution < -0.4 is 20.1 Å². The Kier molecular flexibility index (Phi) is 6.78. The molecule has 0 bridgehead atoms. The highest BCUT2D eigenvalue weighted by Crippen LogP contribution is 2.35. The number of anilines is 1. The van der Waals surface area contributed by atoms with Gasteiger partial charge in [0.25, 0.3) is 0 Å². The van der Waals surface area contributed by atoms with Gasteiger partial charge in [-0.05, 0) is 41.0 Å². The number of ether oxygens (including phenoxy) is 2. The number of nitrogens with one attached hydrogen (secondary N) is 2. The highest BCUT2D eigenvalue weighted by Gasteiger charge is 2.35. The molecule has 170 valence electrons. The van der Waals surface area contributed by atoms with Crippen molar-refractivity contribution in [1.82, 2.24) is 10.2 Å². The number of benzene rings is 3. The minimum atomic E-state index is -0.664. The van der Waals surface area contributed by atoms with E-state index in [1.165, 1.54) is 0 Å². The number of rotatable bonds is 6. The van der Waals surface area contributed by atoms with Gasteiger partial charge in [0.2, 0.25) is 5.91 Å². The highest BCUT2D eigenvalue weighted by molar-refractivity contribution is 5.94. The molecular weight excluding hydrogens is 418 g/mol. The second kappa shape index (κ2) is 10.1. The van der Waals surface area contributed by atoms with E-state index in [-0.39, 0.29) is 18.5 Å². The molecule has 0 spiro atoms. The van der Waals surface area contributed by atoms with Crippen LogP contribution >= 0.6 is 0 Å². The third kappa shape index (κ3) is 5.09. The molecule has 1 heterocycles. The van der Waals surface area contributed by atoms with E-state index in [1.54, 1.807) is 19.1 Å². The van der Waals surface area contributed by atoms with E-state index < -0.39 is 6.04 Å². The van der Waals surface area contributed by atoms with Crippen molar-refractivity contribution in [1.29, 1.82) is 0 Å². The zero-order valence-corrected chi connectivity index (χ0v) is 18.7. The summed E-state index contributed by atoms with van der Waals surface area (Å²) in [7, 11) is 3.16. The fraction of sp³-hybridized carbons (Fsp3) is 0.231. The third-order valence-electron chi connectivity index (χ3n) is 5.73. The van der Waals surface area contributed by atoms with Crippen molar-refractivity contribution in [2.75, 3.05) is 19.5 Å². The molecule has 3 aromatic carbocycles. The fourth-order valence-corrected chi connectivity index (χ4v) is 3.98.